The van der Waals surface area contributed by atoms with Gasteiger partial charge >= 0.3 is 5.97 Å². The third-order valence-corrected chi connectivity index (χ3v) is 4.90. The number of aliphatic hydroxyl groups is 1. The number of fused-ring (bicyclic) bond motifs is 1. The summed E-state index contributed by atoms with van der Waals surface area (Å²) in [6, 6.07) is 20.2. The standard InChI is InChI=1S/C25H24N2O5/c1-16(2)24-26-23(27-32-24)22-20-11-7-6-8-17(20)12-13-21(22)30-14-19(28)15-31-25(29)18-9-4-3-5-10-18/h3-13,16,19,28H,14-15H2,1-2H3. The maximum atomic E-state index is 12.1. The van der Waals surface area contributed by atoms with Gasteiger partial charge in [-0.05, 0) is 29.0 Å². The van der Waals surface area contributed by atoms with Crippen molar-refractivity contribution in [2.24, 2.45) is 0 Å². The van der Waals surface area contributed by atoms with Crippen LogP contribution in [-0.4, -0.2) is 40.5 Å². The van der Waals surface area contributed by atoms with Gasteiger partial charge < -0.3 is 19.1 Å². The Morgan fingerprint density at radius 1 is 1.00 bits per heavy atom. The second kappa shape index (κ2) is 9.62. The van der Waals surface area contributed by atoms with Crippen molar-refractivity contribution in [3.63, 3.8) is 0 Å². The van der Waals surface area contributed by atoms with Crippen molar-refractivity contribution in [3.05, 3.63) is 78.2 Å². The summed E-state index contributed by atoms with van der Waals surface area (Å²) in [6.07, 6.45) is -1.00. The molecule has 7 heteroatoms. The lowest BCUT2D eigenvalue weighted by Gasteiger charge is -2.15. The molecule has 0 saturated carbocycles. The fourth-order valence-corrected chi connectivity index (χ4v) is 3.24. The SMILES string of the molecule is CC(C)c1nc(-c2c(OCC(O)COC(=O)c3ccccc3)ccc3ccccc23)no1. The minimum atomic E-state index is -1.00. The predicted octanol–water partition coefficient (Wildman–Crippen LogP) is 4.61. The van der Waals surface area contributed by atoms with E-state index in [0.29, 0.717) is 28.6 Å². The quantitative estimate of drug-likeness (QED) is 0.406. The van der Waals surface area contributed by atoms with E-state index < -0.39 is 12.1 Å². The molecule has 0 bridgehead atoms. The molecule has 164 valence electrons. The summed E-state index contributed by atoms with van der Waals surface area (Å²) in [5.41, 5.74) is 1.11. The molecule has 0 spiro atoms. The maximum Gasteiger partial charge on any atom is 0.338 e. The molecule has 4 aromatic rings. The van der Waals surface area contributed by atoms with Gasteiger partial charge in [0.15, 0.2) is 0 Å². The molecule has 0 amide bonds. The average Bonchev–Trinajstić information content (AvgIpc) is 3.31. The van der Waals surface area contributed by atoms with Crippen molar-refractivity contribution in [3.8, 4) is 17.1 Å². The Balaban J connectivity index is 1.50. The number of aliphatic hydroxyl groups excluding tert-OH is 1. The van der Waals surface area contributed by atoms with Crippen LogP contribution in [0.25, 0.3) is 22.2 Å². The zero-order chi connectivity index (χ0) is 22.5. The van der Waals surface area contributed by atoms with Crippen LogP contribution in [0, 0.1) is 0 Å². The number of benzene rings is 3. The minimum Gasteiger partial charge on any atom is -0.490 e. The van der Waals surface area contributed by atoms with Crippen LogP contribution in [0.2, 0.25) is 0 Å². The first kappa shape index (κ1) is 21.5. The number of aromatic nitrogens is 2. The molecular formula is C25H24N2O5. The van der Waals surface area contributed by atoms with E-state index in [1.165, 1.54) is 0 Å². The Kier molecular flexibility index (Phi) is 6.47. The summed E-state index contributed by atoms with van der Waals surface area (Å²) in [6.45, 7) is 3.70. The number of carbonyl (C=O) groups is 1. The summed E-state index contributed by atoms with van der Waals surface area (Å²) in [5, 5.41) is 16.4. The van der Waals surface area contributed by atoms with Gasteiger partial charge in [-0.3, -0.25) is 0 Å². The molecular weight excluding hydrogens is 408 g/mol. The first-order valence-electron chi connectivity index (χ1n) is 10.4. The first-order valence-corrected chi connectivity index (χ1v) is 10.4. The van der Waals surface area contributed by atoms with Gasteiger partial charge in [0.1, 0.15) is 25.1 Å². The van der Waals surface area contributed by atoms with Crippen LogP contribution in [0.1, 0.15) is 36.0 Å². The van der Waals surface area contributed by atoms with Crippen molar-refractivity contribution < 1.29 is 23.9 Å². The molecule has 0 radical (unpaired) electrons. The second-order valence-electron chi connectivity index (χ2n) is 7.70. The summed E-state index contributed by atoms with van der Waals surface area (Å²) in [7, 11) is 0. The zero-order valence-corrected chi connectivity index (χ0v) is 17.9. The molecule has 3 aromatic carbocycles. The molecule has 0 saturated heterocycles. The lowest BCUT2D eigenvalue weighted by atomic mass is 10.0. The number of rotatable bonds is 8. The van der Waals surface area contributed by atoms with Gasteiger partial charge in [-0.2, -0.15) is 4.98 Å². The number of nitrogens with zero attached hydrogens (tertiary/aromatic N) is 2. The Hall–Kier alpha value is -3.71. The highest BCUT2D eigenvalue weighted by atomic mass is 16.5. The van der Waals surface area contributed by atoms with Crippen molar-refractivity contribution in [2.75, 3.05) is 13.2 Å². The fourth-order valence-electron chi connectivity index (χ4n) is 3.24. The Morgan fingerprint density at radius 2 is 1.75 bits per heavy atom. The van der Waals surface area contributed by atoms with E-state index in [1.54, 1.807) is 24.3 Å². The topological polar surface area (TPSA) is 94.7 Å². The van der Waals surface area contributed by atoms with Crippen LogP contribution < -0.4 is 4.74 Å². The third kappa shape index (κ3) is 4.78. The van der Waals surface area contributed by atoms with E-state index >= 15 is 0 Å². The van der Waals surface area contributed by atoms with E-state index in [9.17, 15) is 9.90 Å². The second-order valence-corrected chi connectivity index (χ2v) is 7.70. The Bertz CT molecular complexity index is 1200. The number of carbonyl (C=O) groups excluding carboxylic acids is 1. The molecule has 0 aliphatic rings. The molecule has 0 aliphatic carbocycles. The van der Waals surface area contributed by atoms with Crippen LogP contribution in [0.4, 0.5) is 0 Å². The normalized spacial score (nSPS) is 12.1. The van der Waals surface area contributed by atoms with Crippen LogP contribution in [0.3, 0.4) is 0 Å². The Morgan fingerprint density at radius 3 is 2.50 bits per heavy atom. The largest absolute Gasteiger partial charge is 0.490 e. The van der Waals surface area contributed by atoms with Crippen molar-refractivity contribution in [1.82, 2.24) is 10.1 Å². The highest BCUT2D eigenvalue weighted by Crippen LogP contribution is 2.36. The third-order valence-electron chi connectivity index (χ3n) is 4.90. The zero-order valence-electron chi connectivity index (χ0n) is 17.9. The van der Waals surface area contributed by atoms with Gasteiger partial charge in [-0.1, -0.05) is 67.5 Å². The molecule has 1 aromatic heterocycles. The lowest BCUT2D eigenvalue weighted by Crippen LogP contribution is -2.25. The summed E-state index contributed by atoms with van der Waals surface area (Å²) < 4.78 is 16.5. The van der Waals surface area contributed by atoms with E-state index in [2.05, 4.69) is 10.1 Å². The molecule has 7 nitrogen and oxygen atoms in total. The van der Waals surface area contributed by atoms with Gasteiger partial charge in [-0.15, -0.1) is 0 Å². The minimum absolute atomic E-state index is 0.0672. The van der Waals surface area contributed by atoms with E-state index in [-0.39, 0.29) is 19.1 Å². The molecule has 1 atom stereocenters. The molecule has 1 N–H and O–H groups in total. The van der Waals surface area contributed by atoms with E-state index in [1.807, 2.05) is 56.3 Å². The lowest BCUT2D eigenvalue weighted by molar-refractivity contribution is 0.0131. The molecule has 32 heavy (non-hydrogen) atoms. The molecule has 1 heterocycles. The van der Waals surface area contributed by atoms with Crippen molar-refractivity contribution in [1.29, 1.82) is 0 Å². The first-order chi connectivity index (χ1) is 15.5. The maximum absolute atomic E-state index is 12.1. The summed E-state index contributed by atoms with van der Waals surface area (Å²) in [5.74, 6) is 1.06. The van der Waals surface area contributed by atoms with Crippen LogP contribution in [0.15, 0.2) is 71.3 Å². The average molecular weight is 432 g/mol. The number of ether oxygens (including phenoxy) is 2. The predicted molar refractivity (Wildman–Crippen MR) is 120 cm³/mol. The fraction of sp³-hybridized carbons (Fsp3) is 0.240. The van der Waals surface area contributed by atoms with Gasteiger partial charge in [0.05, 0.1) is 11.1 Å². The van der Waals surface area contributed by atoms with E-state index in [4.69, 9.17) is 14.0 Å². The van der Waals surface area contributed by atoms with Crippen molar-refractivity contribution in [2.45, 2.75) is 25.9 Å². The summed E-state index contributed by atoms with van der Waals surface area (Å²) in [4.78, 5) is 16.6. The van der Waals surface area contributed by atoms with E-state index in [0.717, 1.165) is 10.8 Å². The Labute approximate surface area is 185 Å². The summed E-state index contributed by atoms with van der Waals surface area (Å²) >= 11 is 0. The van der Waals surface area contributed by atoms with Gasteiger partial charge in [0, 0.05) is 5.92 Å². The van der Waals surface area contributed by atoms with Gasteiger partial charge in [0.25, 0.3) is 0 Å². The number of esters is 1. The van der Waals surface area contributed by atoms with Crippen LogP contribution in [-0.2, 0) is 4.74 Å². The van der Waals surface area contributed by atoms with Gasteiger partial charge in [0.2, 0.25) is 11.7 Å². The number of hydrogen-bond donors (Lipinski definition) is 1. The molecule has 0 fully saturated rings. The van der Waals surface area contributed by atoms with Gasteiger partial charge in [-0.25, -0.2) is 4.79 Å². The van der Waals surface area contributed by atoms with Crippen LogP contribution in [0.5, 0.6) is 5.75 Å². The molecule has 0 aliphatic heterocycles. The molecule has 4 rings (SSSR count). The highest BCUT2D eigenvalue weighted by Gasteiger charge is 2.20. The molecule has 1 unspecified atom stereocenters. The van der Waals surface area contributed by atoms with Crippen molar-refractivity contribution >= 4 is 16.7 Å². The highest BCUT2D eigenvalue weighted by molar-refractivity contribution is 5.98. The number of hydrogen-bond acceptors (Lipinski definition) is 7. The van der Waals surface area contributed by atoms with Crippen LogP contribution >= 0.6 is 0 Å². The smallest absolute Gasteiger partial charge is 0.338 e. The monoisotopic (exact) mass is 432 g/mol.